The second-order valence-electron chi connectivity index (χ2n) is 13.1. The Morgan fingerprint density at radius 2 is 1.69 bits per heavy atom. The van der Waals surface area contributed by atoms with Gasteiger partial charge in [-0.3, -0.25) is 0 Å². The van der Waals surface area contributed by atoms with Crippen LogP contribution in [-0.4, -0.2) is 0 Å². The van der Waals surface area contributed by atoms with Gasteiger partial charge in [0.1, 0.15) is 0 Å². The Bertz CT molecular complexity index is 614. The zero-order chi connectivity index (χ0) is 21.0. The molecule has 0 heteroatoms. The van der Waals surface area contributed by atoms with Gasteiger partial charge >= 0.3 is 0 Å². The Hall–Kier alpha value is -0.260. The summed E-state index contributed by atoms with van der Waals surface area (Å²) in [6, 6.07) is 0. The minimum absolute atomic E-state index is 0.549. The molecule has 0 amide bonds. The lowest BCUT2D eigenvalue weighted by Gasteiger charge is -2.58. The summed E-state index contributed by atoms with van der Waals surface area (Å²) < 4.78 is 0. The zero-order valence-electron chi connectivity index (χ0n) is 20.8. The van der Waals surface area contributed by atoms with Gasteiger partial charge in [0, 0.05) is 0 Å². The molecule has 0 N–H and O–H groups in total. The number of allylic oxidation sites excluding steroid dienone is 2. The summed E-state index contributed by atoms with van der Waals surface area (Å²) in [5.74, 6) is 7.53. The van der Waals surface area contributed by atoms with E-state index in [1.807, 2.05) is 5.57 Å². The van der Waals surface area contributed by atoms with Gasteiger partial charge in [-0.1, -0.05) is 73.0 Å². The first kappa shape index (κ1) is 22.0. The second kappa shape index (κ2) is 8.02. The van der Waals surface area contributed by atoms with Gasteiger partial charge in [-0.2, -0.15) is 0 Å². The molecule has 0 aliphatic heterocycles. The summed E-state index contributed by atoms with van der Waals surface area (Å²) in [6.07, 6.45) is 17.5. The Morgan fingerprint density at radius 1 is 0.931 bits per heavy atom. The number of hydrogen-bond acceptors (Lipinski definition) is 0. The van der Waals surface area contributed by atoms with Crippen molar-refractivity contribution in [2.45, 2.75) is 113 Å². The smallest absolute Gasteiger partial charge is 0.00851 e. The molecule has 0 nitrogen and oxygen atoms in total. The molecule has 3 saturated carbocycles. The molecular formula is C29H50. The Morgan fingerprint density at radius 3 is 2.41 bits per heavy atom. The molecule has 0 saturated heterocycles. The molecule has 0 spiro atoms. The third kappa shape index (κ3) is 3.67. The molecule has 0 aromatic rings. The molecule has 3 unspecified atom stereocenters. The van der Waals surface area contributed by atoms with E-state index < -0.39 is 0 Å². The van der Waals surface area contributed by atoms with Crippen LogP contribution in [-0.2, 0) is 0 Å². The number of hydrogen-bond donors (Lipinski definition) is 0. The standard InChI is InChI=1S/C29H50/c1-19(2)21(4)8-9-22(5)25-12-13-26-24-11-10-23-18-20(3)14-16-28(23,6)27(24)15-17-29(25,26)7/h10,19-22,24-27H,8-9,11-18H2,1-7H3/t20-,21+,22+,24-,25?,26?,27?,28-,29+/m0/s1. The van der Waals surface area contributed by atoms with Gasteiger partial charge in [-0.15, -0.1) is 0 Å². The topological polar surface area (TPSA) is 0 Å². The highest BCUT2D eigenvalue weighted by molar-refractivity contribution is 5.25. The Kier molecular flexibility index (Phi) is 6.07. The maximum Gasteiger partial charge on any atom is -0.00851 e. The fraction of sp³-hybridized carbons (Fsp3) is 0.931. The minimum atomic E-state index is 0.549. The van der Waals surface area contributed by atoms with E-state index in [1.165, 1.54) is 64.2 Å². The predicted molar refractivity (Wildman–Crippen MR) is 127 cm³/mol. The average molecular weight is 399 g/mol. The van der Waals surface area contributed by atoms with E-state index in [-0.39, 0.29) is 0 Å². The molecule has 4 rings (SSSR count). The predicted octanol–water partition coefficient (Wildman–Crippen LogP) is 8.91. The van der Waals surface area contributed by atoms with Crippen LogP contribution in [0.2, 0.25) is 0 Å². The van der Waals surface area contributed by atoms with E-state index >= 15 is 0 Å². The van der Waals surface area contributed by atoms with Crippen LogP contribution in [0, 0.1) is 58.2 Å². The summed E-state index contributed by atoms with van der Waals surface area (Å²) in [5.41, 5.74) is 3.05. The van der Waals surface area contributed by atoms with Crippen LogP contribution in [0.15, 0.2) is 11.6 Å². The van der Waals surface area contributed by atoms with E-state index in [9.17, 15) is 0 Å². The normalized spacial score (nSPS) is 46.5. The summed E-state index contributed by atoms with van der Waals surface area (Å²) in [7, 11) is 0. The molecule has 4 aliphatic rings. The molecule has 166 valence electrons. The van der Waals surface area contributed by atoms with Crippen molar-refractivity contribution in [3.8, 4) is 0 Å². The Balaban J connectivity index is 1.49. The average Bonchev–Trinajstić information content (AvgIpc) is 3.03. The van der Waals surface area contributed by atoms with Crippen molar-refractivity contribution in [2.24, 2.45) is 58.2 Å². The molecule has 0 aromatic carbocycles. The second-order valence-corrected chi connectivity index (χ2v) is 13.1. The SMILES string of the molecule is CC(C)[C@H](C)CC[C@@H](C)C1CCC2[C@@H]3CC=C4C[C@@H](C)CC[C@]4(C)C3CC[C@@]21C. The Labute approximate surface area is 182 Å². The van der Waals surface area contributed by atoms with Crippen molar-refractivity contribution in [1.82, 2.24) is 0 Å². The molecule has 4 aliphatic carbocycles. The summed E-state index contributed by atoms with van der Waals surface area (Å²) in [4.78, 5) is 0. The summed E-state index contributed by atoms with van der Waals surface area (Å²) in [6.45, 7) is 17.8. The van der Waals surface area contributed by atoms with E-state index in [2.05, 4.69) is 54.5 Å². The first-order valence-electron chi connectivity index (χ1n) is 13.4. The lowest BCUT2D eigenvalue weighted by Crippen LogP contribution is -2.50. The molecular weight excluding hydrogens is 348 g/mol. The fourth-order valence-corrected chi connectivity index (χ4v) is 8.88. The highest BCUT2D eigenvalue weighted by Gasteiger charge is 2.58. The highest BCUT2D eigenvalue weighted by atomic mass is 14.6. The maximum atomic E-state index is 2.75. The van der Waals surface area contributed by atoms with E-state index in [0.29, 0.717) is 10.8 Å². The van der Waals surface area contributed by atoms with Gasteiger partial charge in [0.15, 0.2) is 0 Å². The zero-order valence-corrected chi connectivity index (χ0v) is 20.8. The van der Waals surface area contributed by atoms with Crippen LogP contribution in [0.4, 0.5) is 0 Å². The molecule has 9 atom stereocenters. The molecule has 0 bridgehead atoms. The molecule has 0 aromatic heterocycles. The van der Waals surface area contributed by atoms with Gasteiger partial charge in [0.2, 0.25) is 0 Å². The molecule has 3 fully saturated rings. The van der Waals surface area contributed by atoms with E-state index in [4.69, 9.17) is 0 Å². The van der Waals surface area contributed by atoms with Gasteiger partial charge in [-0.05, 0) is 110 Å². The van der Waals surface area contributed by atoms with Crippen molar-refractivity contribution in [2.75, 3.05) is 0 Å². The third-order valence-electron chi connectivity index (χ3n) is 11.3. The van der Waals surface area contributed by atoms with E-state index in [0.717, 1.165) is 47.3 Å². The lowest BCUT2D eigenvalue weighted by atomic mass is 9.46. The van der Waals surface area contributed by atoms with Crippen molar-refractivity contribution in [1.29, 1.82) is 0 Å². The van der Waals surface area contributed by atoms with Crippen LogP contribution < -0.4 is 0 Å². The lowest BCUT2D eigenvalue weighted by molar-refractivity contribution is -0.0525. The maximum absolute atomic E-state index is 2.75. The van der Waals surface area contributed by atoms with Gasteiger partial charge in [0.25, 0.3) is 0 Å². The largest absolute Gasteiger partial charge is 0.0845 e. The van der Waals surface area contributed by atoms with Crippen molar-refractivity contribution >= 4 is 0 Å². The van der Waals surface area contributed by atoms with Gasteiger partial charge < -0.3 is 0 Å². The minimum Gasteiger partial charge on any atom is -0.0845 e. The third-order valence-corrected chi connectivity index (χ3v) is 11.3. The first-order valence-corrected chi connectivity index (χ1v) is 13.4. The van der Waals surface area contributed by atoms with Crippen molar-refractivity contribution < 1.29 is 0 Å². The van der Waals surface area contributed by atoms with Crippen molar-refractivity contribution in [3.05, 3.63) is 11.6 Å². The molecule has 29 heavy (non-hydrogen) atoms. The number of rotatable bonds is 5. The van der Waals surface area contributed by atoms with Crippen LogP contribution in [0.1, 0.15) is 113 Å². The monoisotopic (exact) mass is 398 g/mol. The molecule has 0 heterocycles. The van der Waals surface area contributed by atoms with Gasteiger partial charge in [-0.25, -0.2) is 0 Å². The fourth-order valence-electron chi connectivity index (χ4n) is 8.88. The van der Waals surface area contributed by atoms with Crippen molar-refractivity contribution in [3.63, 3.8) is 0 Å². The quantitative estimate of drug-likeness (QED) is 0.405. The van der Waals surface area contributed by atoms with Crippen LogP contribution in [0.5, 0.6) is 0 Å². The number of fused-ring (bicyclic) bond motifs is 5. The van der Waals surface area contributed by atoms with Gasteiger partial charge in [0.05, 0.1) is 0 Å². The summed E-state index contributed by atoms with van der Waals surface area (Å²) in [5, 5.41) is 0. The van der Waals surface area contributed by atoms with Crippen LogP contribution in [0.3, 0.4) is 0 Å². The van der Waals surface area contributed by atoms with Crippen LogP contribution >= 0.6 is 0 Å². The van der Waals surface area contributed by atoms with Crippen LogP contribution in [0.25, 0.3) is 0 Å². The first-order chi connectivity index (χ1) is 13.7. The summed E-state index contributed by atoms with van der Waals surface area (Å²) >= 11 is 0. The van der Waals surface area contributed by atoms with E-state index in [1.54, 1.807) is 0 Å². The molecule has 0 radical (unpaired) electrons. The highest BCUT2D eigenvalue weighted by Crippen LogP contribution is 2.67.